The van der Waals surface area contributed by atoms with Crippen molar-refractivity contribution in [2.75, 3.05) is 0 Å². The highest BCUT2D eigenvalue weighted by atomic mass is 32.1. The van der Waals surface area contributed by atoms with Gasteiger partial charge in [-0.3, -0.25) is 9.97 Å². The van der Waals surface area contributed by atoms with Crippen LogP contribution in [0.25, 0.3) is 32.2 Å². The van der Waals surface area contributed by atoms with Crippen molar-refractivity contribution in [3.63, 3.8) is 0 Å². The quantitative estimate of drug-likeness (QED) is 0.537. The van der Waals surface area contributed by atoms with E-state index in [9.17, 15) is 0 Å². The summed E-state index contributed by atoms with van der Waals surface area (Å²) in [6.45, 7) is 2.03. The average molecular weight is 303 g/mol. The Balaban J connectivity index is 1.70. The summed E-state index contributed by atoms with van der Waals surface area (Å²) < 4.78 is 1.20. The molecule has 3 aromatic heterocycles. The summed E-state index contributed by atoms with van der Waals surface area (Å²) in [5.41, 5.74) is 4.99. The van der Waals surface area contributed by atoms with Gasteiger partial charge in [0.15, 0.2) is 0 Å². The molecule has 0 aliphatic heterocycles. The molecule has 4 rings (SSSR count). The molecule has 4 heteroatoms. The van der Waals surface area contributed by atoms with E-state index in [4.69, 9.17) is 0 Å². The fourth-order valence-corrected chi connectivity index (χ4v) is 3.24. The predicted molar refractivity (Wildman–Crippen MR) is 90.8 cm³/mol. The molecule has 0 saturated heterocycles. The fraction of sp³-hybridized carbons (Fsp3) is 0.0556. The minimum absolute atomic E-state index is 0.880. The van der Waals surface area contributed by atoms with E-state index < -0.39 is 0 Å². The zero-order valence-electron chi connectivity index (χ0n) is 12.0. The monoisotopic (exact) mass is 303 g/mol. The number of aromatic nitrogens is 3. The molecule has 0 N–H and O–H groups in total. The number of hydrogen-bond donors (Lipinski definition) is 0. The maximum absolute atomic E-state index is 4.66. The van der Waals surface area contributed by atoms with Crippen molar-refractivity contribution >= 4 is 21.6 Å². The molecule has 3 nitrogen and oxygen atoms in total. The Kier molecular flexibility index (Phi) is 3.16. The van der Waals surface area contributed by atoms with Crippen LogP contribution in [0.15, 0.2) is 60.9 Å². The molecule has 0 radical (unpaired) electrons. The van der Waals surface area contributed by atoms with Gasteiger partial charge in [-0.1, -0.05) is 18.2 Å². The first kappa shape index (κ1) is 13.1. The lowest BCUT2D eigenvalue weighted by Gasteiger charge is -2.01. The molecule has 0 aliphatic rings. The zero-order valence-corrected chi connectivity index (χ0v) is 12.8. The fourth-order valence-electron chi connectivity index (χ4n) is 2.29. The summed E-state index contributed by atoms with van der Waals surface area (Å²) in [6, 6.07) is 16.3. The molecule has 0 bridgehead atoms. The van der Waals surface area contributed by atoms with E-state index in [1.807, 2.05) is 55.7 Å². The normalized spacial score (nSPS) is 11.0. The van der Waals surface area contributed by atoms with Crippen LogP contribution < -0.4 is 0 Å². The number of benzene rings is 1. The second kappa shape index (κ2) is 5.31. The first-order valence-corrected chi connectivity index (χ1v) is 7.86. The van der Waals surface area contributed by atoms with Crippen LogP contribution in [0, 0.1) is 6.92 Å². The van der Waals surface area contributed by atoms with E-state index in [1.54, 1.807) is 11.3 Å². The third-order valence-corrected chi connectivity index (χ3v) is 4.56. The van der Waals surface area contributed by atoms with E-state index in [0.717, 1.165) is 33.0 Å². The van der Waals surface area contributed by atoms with Crippen molar-refractivity contribution in [2.24, 2.45) is 0 Å². The van der Waals surface area contributed by atoms with Crippen LogP contribution in [0.2, 0.25) is 0 Å². The molecule has 1 aromatic carbocycles. The number of aryl methyl sites for hydroxylation is 1. The van der Waals surface area contributed by atoms with Gasteiger partial charge in [0.2, 0.25) is 0 Å². The van der Waals surface area contributed by atoms with Crippen molar-refractivity contribution in [3.05, 3.63) is 66.5 Å². The third kappa shape index (κ3) is 2.38. The minimum Gasteiger partial charge on any atom is -0.254 e. The highest BCUT2D eigenvalue weighted by molar-refractivity contribution is 7.21. The van der Waals surface area contributed by atoms with Crippen LogP contribution in [0.1, 0.15) is 5.56 Å². The summed E-state index contributed by atoms with van der Waals surface area (Å²) in [5.74, 6) is 0. The number of thiazole rings is 1. The molecule has 0 atom stereocenters. The van der Waals surface area contributed by atoms with Gasteiger partial charge in [-0.2, -0.15) is 0 Å². The minimum atomic E-state index is 0.880. The van der Waals surface area contributed by atoms with Gasteiger partial charge in [0.1, 0.15) is 5.01 Å². The maximum atomic E-state index is 4.66. The van der Waals surface area contributed by atoms with Crippen molar-refractivity contribution in [2.45, 2.75) is 6.92 Å². The summed E-state index contributed by atoms with van der Waals surface area (Å²) in [6.07, 6.45) is 3.73. The average Bonchev–Trinajstić information content (AvgIpc) is 3.00. The molecule has 4 aromatic rings. The second-order valence-corrected chi connectivity index (χ2v) is 6.17. The van der Waals surface area contributed by atoms with Gasteiger partial charge in [0, 0.05) is 18.0 Å². The highest BCUT2D eigenvalue weighted by Crippen LogP contribution is 2.30. The Hall–Kier alpha value is -2.59. The second-order valence-electron chi connectivity index (χ2n) is 5.14. The van der Waals surface area contributed by atoms with E-state index in [-0.39, 0.29) is 0 Å². The first-order valence-electron chi connectivity index (χ1n) is 7.05. The maximum Gasteiger partial charge on any atom is 0.126 e. The number of nitrogens with zero attached hydrogens (tertiary/aromatic N) is 3. The van der Waals surface area contributed by atoms with Crippen LogP contribution >= 0.6 is 11.3 Å². The number of para-hydroxylation sites is 1. The smallest absolute Gasteiger partial charge is 0.126 e. The van der Waals surface area contributed by atoms with Gasteiger partial charge in [0.25, 0.3) is 0 Å². The molecule has 0 saturated carbocycles. The SMILES string of the molecule is Cc1ccc(-c2ccc(-c3nc4ccccc4s3)cn2)nc1. The largest absolute Gasteiger partial charge is 0.254 e. The standard InChI is InChI=1S/C18H13N3S/c1-12-6-8-14(19-10-12)15-9-7-13(11-20-15)18-21-16-4-2-3-5-17(16)22-18/h2-11H,1H3. The Morgan fingerprint density at radius 1 is 0.818 bits per heavy atom. The molecule has 0 fully saturated rings. The molecule has 3 heterocycles. The van der Waals surface area contributed by atoms with Crippen LogP contribution in [0.5, 0.6) is 0 Å². The van der Waals surface area contributed by atoms with Gasteiger partial charge in [-0.15, -0.1) is 11.3 Å². The Morgan fingerprint density at radius 2 is 1.59 bits per heavy atom. The number of hydrogen-bond acceptors (Lipinski definition) is 4. The summed E-state index contributed by atoms with van der Waals surface area (Å²) >= 11 is 1.69. The Bertz CT molecular complexity index is 892. The van der Waals surface area contributed by atoms with Crippen LogP contribution in [-0.4, -0.2) is 15.0 Å². The summed E-state index contributed by atoms with van der Waals surface area (Å²) in [5, 5.41) is 0.997. The topological polar surface area (TPSA) is 38.7 Å². The number of fused-ring (bicyclic) bond motifs is 1. The molecule has 0 unspecified atom stereocenters. The predicted octanol–water partition coefficient (Wildman–Crippen LogP) is 4.73. The highest BCUT2D eigenvalue weighted by Gasteiger charge is 2.07. The lowest BCUT2D eigenvalue weighted by Crippen LogP contribution is -1.88. The van der Waals surface area contributed by atoms with Gasteiger partial charge in [-0.25, -0.2) is 4.98 Å². The summed E-state index contributed by atoms with van der Waals surface area (Å²) in [4.78, 5) is 13.6. The first-order chi connectivity index (χ1) is 10.8. The molecule has 0 amide bonds. The van der Waals surface area contributed by atoms with Crippen molar-refractivity contribution < 1.29 is 0 Å². The summed E-state index contributed by atoms with van der Waals surface area (Å²) in [7, 11) is 0. The van der Waals surface area contributed by atoms with E-state index >= 15 is 0 Å². The lowest BCUT2D eigenvalue weighted by atomic mass is 10.2. The third-order valence-electron chi connectivity index (χ3n) is 3.48. The Morgan fingerprint density at radius 3 is 2.27 bits per heavy atom. The van der Waals surface area contributed by atoms with E-state index in [1.165, 1.54) is 4.70 Å². The lowest BCUT2D eigenvalue weighted by molar-refractivity contribution is 1.22. The number of rotatable bonds is 2. The van der Waals surface area contributed by atoms with E-state index in [0.29, 0.717) is 0 Å². The van der Waals surface area contributed by atoms with Crippen molar-refractivity contribution in [3.8, 4) is 22.0 Å². The molecular weight excluding hydrogens is 290 g/mol. The van der Waals surface area contributed by atoms with E-state index in [2.05, 4.69) is 27.1 Å². The molecular formula is C18H13N3S. The van der Waals surface area contributed by atoms with Gasteiger partial charge in [-0.05, 0) is 42.8 Å². The molecule has 0 spiro atoms. The van der Waals surface area contributed by atoms with Gasteiger partial charge in [0.05, 0.1) is 21.6 Å². The van der Waals surface area contributed by atoms with Crippen molar-refractivity contribution in [1.29, 1.82) is 0 Å². The Labute approximate surface area is 132 Å². The molecule has 22 heavy (non-hydrogen) atoms. The van der Waals surface area contributed by atoms with Gasteiger partial charge >= 0.3 is 0 Å². The van der Waals surface area contributed by atoms with Crippen LogP contribution in [-0.2, 0) is 0 Å². The van der Waals surface area contributed by atoms with Crippen LogP contribution in [0.3, 0.4) is 0 Å². The van der Waals surface area contributed by atoms with Crippen LogP contribution in [0.4, 0.5) is 0 Å². The zero-order chi connectivity index (χ0) is 14.9. The van der Waals surface area contributed by atoms with Gasteiger partial charge < -0.3 is 0 Å². The number of pyridine rings is 2. The molecule has 106 valence electrons. The molecule has 0 aliphatic carbocycles. The van der Waals surface area contributed by atoms with Crippen molar-refractivity contribution in [1.82, 2.24) is 15.0 Å².